The van der Waals surface area contributed by atoms with Gasteiger partial charge in [0.2, 0.25) is 10.0 Å². The van der Waals surface area contributed by atoms with Crippen LogP contribution in [0, 0.1) is 20.8 Å². The van der Waals surface area contributed by atoms with E-state index in [0.717, 1.165) is 28.6 Å². The number of amides is 1. The number of hydrogen-bond donors (Lipinski definition) is 1. The van der Waals surface area contributed by atoms with Crippen LogP contribution in [0.1, 0.15) is 23.1 Å². The Labute approximate surface area is 160 Å². The van der Waals surface area contributed by atoms with Crippen LogP contribution in [0.3, 0.4) is 0 Å². The third-order valence-corrected chi connectivity index (χ3v) is 5.80. The number of para-hydroxylation sites is 2. The van der Waals surface area contributed by atoms with Gasteiger partial charge in [-0.15, -0.1) is 0 Å². The normalized spacial score (nSPS) is 16.9. The number of hydrogen-bond acceptors (Lipinski definition) is 4. The maximum absolute atomic E-state index is 12.9. The number of anilines is 2. The van der Waals surface area contributed by atoms with Gasteiger partial charge in [0.05, 0.1) is 11.9 Å². The molecule has 3 rings (SSSR count). The second-order valence-corrected chi connectivity index (χ2v) is 8.87. The molecule has 0 radical (unpaired) electrons. The minimum Gasteiger partial charge on any atom is -0.478 e. The lowest BCUT2D eigenvalue weighted by molar-refractivity contribution is -0.122. The quantitative estimate of drug-likeness (QED) is 0.876. The average Bonchev–Trinajstić information content (AvgIpc) is 2.77. The third kappa shape index (κ3) is 4.08. The molecule has 0 saturated heterocycles. The summed E-state index contributed by atoms with van der Waals surface area (Å²) in [5.41, 5.74) is 4.32. The van der Waals surface area contributed by atoms with Crippen LogP contribution in [0.15, 0.2) is 36.4 Å². The Kier molecular flexibility index (Phi) is 5.15. The molecule has 1 amide bonds. The summed E-state index contributed by atoms with van der Waals surface area (Å²) in [6, 6.07) is 10.9. The predicted molar refractivity (Wildman–Crippen MR) is 107 cm³/mol. The van der Waals surface area contributed by atoms with Gasteiger partial charge in [-0.05, 0) is 44.0 Å². The molecule has 0 unspecified atom stereocenters. The lowest BCUT2D eigenvalue weighted by Crippen LogP contribution is -2.36. The fourth-order valence-electron chi connectivity index (χ4n) is 3.44. The Bertz CT molecular complexity index is 962. The van der Waals surface area contributed by atoms with Gasteiger partial charge in [-0.2, -0.15) is 0 Å². The van der Waals surface area contributed by atoms with Crippen molar-refractivity contribution in [3.63, 3.8) is 0 Å². The van der Waals surface area contributed by atoms with Gasteiger partial charge in [-0.3, -0.25) is 9.10 Å². The first-order valence-electron chi connectivity index (χ1n) is 8.79. The van der Waals surface area contributed by atoms with Gasteiger partial charge >= 0.3 is 0 Å². The predicted octanol–water partition coefficient (Wildman–Crippen LogP) is 3.17. The van der Waals surface area contributed by atoms with Crippen LogP contribution in [-0.4, -0.2) is 33.2 Å². The Hall–Kier alpha value is -2.54. The van der Waals surface area contributed by atoms with Gasteiger partial charge in [-0.25, -0.2) is 8.42 Å². The van der Waals surface area contributed by atoms with E-state index in [1.165, 1.54) is 4.31 Å². The summed E-state index contributed by atoms with van der Waals surface area (Å²) in [6.45, 7) is 6.09. The lowest BCUT2D eigenvalue weighted by Gasteiger charge is -2.20. The number of nitrogens with one attached hydrogen (secondary N) is 1. The molecular weight excluding hydrogens is 364 g/mol. The summed E-state index contributed by atoms with van der Waals surface area (Å²) in [7, 11) is -3.47. The van der Waals surface area contributed by atoms with Gasteiger partial charge in [0, 0.05) is 18.7 Å². The molecule has 144 valence electrons. The number of carbonyl (C=O) groups is 1. The van der Waals surface area contributed by atoms with E-state index < -0.39 is 16.1 Å². The van der Waals surface area contributed by atoms with Crippen LogP contribution >= 0.6 is 0 Å². The Morgan fingerprint density at radius 3 is 2.41 bits per heavy atom. The van der Waals surface area contributed by atoms with Crippen molar-refractivity contribution >= 4 is 27.3 Å². The van der Waals surface area contributed by atoms with E-state index in [0.29, 0.717) is 11.4 Å². The number of benzene rings is 2. The van der Waals surface area contributed by atoms with E-state index in [2.05, 4.69) is 5.32 Å². The molecule has 0 fully saturated rings. The first kappa shape index (κ1) is 19.2. The Balaban J connectivity index is 1.88. The van der Waals surface area contributed by atoms with Gasteiger partial charge < -0.3 is 10.1 Å². The SMILES string of the molecule is Cc1cc(C)c(NC(=O)[C@@H]2CCN(S(C)(=O)=O)c3ccccc3O2)c(C)c1. The van der Waals surface area contributed by atoms with Gasteiger partial charge in [0.1, 0.15) is 5.75 Å². The maximum atomic E-state index is 12.9. The second kappa shape index (κ2) is 7.23. The zero-order valence-corrected chi connectivity index (χ0v) is 16.8. The van der Waals surface area contributed by atoms with E-state index in [1.807, 2.05) is 32.9 Å². The van der Waals surface area contributed by atoms with Crippen molar-refractivity contribution in [2.75, 3.05) is 22.4 Å². The van der Waals surface area contributed by atoms with Gasteiger partial charge in [0.25, 0.3) is 5.91 Å². The van der Waals surface area contributed by atoms with Gasteiger partial charge in [-0.1, -0.05) is 29.8 Å². The summed E-state index contributed by atoms with van der Waals surface area (Å²) in [4.78, 5) is 12.9. The molecule has 0 aliphatic carbocycles. The van der Waals surface area contributed by atoms with E-state index in [4.69, 9.17) is 4.74 Å². The highest BCUT2D eigenvalue weighted by molar-refractivity contribution is 7.92. The van der Waals surface area contributed by atoms with Crippen LogP contribution in [0.5, 0.6) is 5.75 Å². The number of aryl methyl sites for hydroxylation is 3. The molecule has 0 aromatic heterocycles. The van der Waals surface area contributed by atoms with Crippen molar-refractivity contribution in [3.05, 3.63) is 53.1 Å². The van der Waals surface area contributed by atoms with Crippen LogP contribution in [0.25, 0.3) is 0 Å². The molecule has 1 heterocycles. The summed E-state index contributed by atoms with van der Waals surface area (Å²) in [5.74, 6) is 0.105. The van der Waals surface area contributed by atoms with Crippen LogP contribution in [0.2, 0.25) is 0 Å². The molecular formula is C20H24N2O4S. The summed E-state index contributed by atoms with van der Waals surface area (Å²) in [5, 5.41) is 2.96. The largest absolute Gasteiger partial charge is 0.478 e. The molecule has 1 aliphatic rings. The first-order valence-corrected chi connectivity index (χ1v) is 10.6. The van der Waals surface area contributed by atoms with E-state index in [-0.39, 0.29) is 18.9 Å². The van der Waals surface area contributed by atoms with Crippen molar-refractivity contribution in [2.45, 2.75) is 33.3 Å². The number of fused-ring (bicyclic) bond motifs is 1. The van der Waals surface area contributed by atoms with Crippen molar-refractivity contribution in [1.82, 2.24) is 0 Å². The minimum absolute atomic E-state index is 0.180. The fourth-order valence-corrected chi connectivity index (χ4v) is 4.39. The monoisotopic (exact) mass is 388 g/mol. The second-order valence-electron chi connectivity index (χ2n) is 6.96. The number of carbonyl (C=O) groups excluding carboxylic acids is 1. The zero-order chi connectivity index (χ0) is 19.8. The molecule has 1 aliphatic heterocycles. The maximum Gasteiger partial charge on any atom is 0.265 e. The van der Waals surface area contributed by atoms with Crippen LogP contribution < -0.4 is 14.4 Å². The Morgan fingerprint density at radius 2 is 1.78 bits per heavy atom. The smallest absolute Gasteiger partial charge is 0.265 e. The van der Waals surface area contributed by atoms with Crippen molar-refractivity contribution in [3.8, 4) is 5.75 Å². The van der Waals surface area contributed by atoms with Crippen LogP contribution in [0.4, 0.5) is 11.4 Å². The molecule has 2 aromatic rings. The summed E-state index contributed by atoms with van der Waals surface area (Å²) < 4.78 is 31.5. The highest BCUT2D eigenvalue weighted by Gasteiger charge is 2.31. The van der Waals surface area contributed by atoms with E-state index >= 15 is 0 Å². The topological polar surface area (TPSA) is 75.7 Å². The highest BCUT2D eigenvalue weighted by Crippen LogP contribution is 2.34. The first-order chi connectivity index (χ1) is 12.7. The van der Waals surface area contributed by atoms with E-state index in [9.17, 15) is 13.2 Å². The number of ether oxygens (including phenoxy) is 1. The fraction of sp³-hybridized carbons (Fsp3) is 0.350. The molecule has 27 heavy (non-hydrogen) atoms. The Morgan fingerprint density at radius 1 is 1.15 bits per heavy atom. The number of nitrogens with zero attached hydrogens (tertiary/aromatic N) is 1. The molecule has 0 spiro atoms. The molecule has 0 saturated carbocycles. The summed E-state index contributed by atoms with van der Waals surface area (Å²) in [6.07, 6.45) is 0.638. The summed E-state index contributed by atoms with van der Waals surface area (Å²) >= 11 is 0. The molecule has 1 atom stereocenters. The standard InChI is InChI=1S/C20H24N2O4S/c1-13-11-14(2)19(15(3)12-13)21-20(23)18-9-10-22(27(4,24)25)16-7-5-6-8-17(16)26-18/h5-8,11-12,18H,9-10H2,1-4H3,(H,21,23)/t18-/m0/s1. The zero-order valence-electron chi connectivity index (χ0n) is 15.9. The van der Waals surface area contributed by atoms with Crippen molar-refractivity contribution in [1.29, 1.82) is 0 Å². The van der Waals surface area contributed by atoms with Crippen LogP contribution in [-0.2, 0) is 14.8 Å². The third-order valence-electron chi connectivity index (χ3n) is 4.62. The molecule has 6 nitrogen and oxygen atoms in total. The highest BCUT2D eigenvalue weighted by atomic mass is 32.2. The minimum atomic E-state index is -3.47. The molecule has 2 aromatic carbocycles. The molecule has 7 heteroatoms. The number of rotatable bonds is 3. The van der Waals surface area contributed by atoms with Crippen molar-refractivity contribution in [2.24, 2.45) is 0 Å². The lowest BCUT2D eigenvalue weighted by atomic mass is 10.0. The molecule has 1 N–H and O–H groups in total. The van der Waals surface area contributed by atoms with E-state index in [1.54, 1.807) is 24.3 Å². The average molecular weight is 388 g/mol. The van der Waals surface area contributed by atoms with Gasteiger partial charge in [0.15, 0.2) is 6.10 Å². The molecule has 0 bridgehead atoms. The van der Waals surface area contributed by atoms with Crippen molar-refractivity contribution < 1.29 is 17.9 Å². The number of sulfonamides is 1.